The number of benzene rings is 2. The van der Waals surface area contributed by atoms with Crippen molar-refractivity contribution in [3.05, 3.63) is 59.9 Å². The number of amides is 1. The van der Waals surface area contributed by atoms with Crippen LogP contribution in [-0.4, -0.2) is 39.2 Å². The number of thioether (sulfide) groups is 1. The second kappa shape index (κ2) is 9.19. The summed E-state index contributed by atoms with van der Waals surface area (Å²) in [4.78, 5) is 12.3. The fraction of sp³-hybridized carbons (Fsp3) is 0.167. The number of rotatable bonds is 7. The molecule has 11 heteroatoms. The third kappa shape index (κ3) is 6.13. The maximum Gasteiger partial charge on any atom is 0.422 e. The second-order valence-electron chi connectivity index (χ2n) is 5.70. The number of carbonyl (C=O) groups excluding carboxylic acids is 1. The molecule has 0 aliphatic heterocycles. The fourth-order valence-corrected chi connectivity index (χ4v) is 3.21. The predicted octanol–water partition coefficient (Wildman–Crippen LogP) is 4.59. The Hall–Kier alpha value is -2.72. The largest absolute Gasteiger partial charge is 0.482 e. The van der Waals surface area contributed by atoms with Gasteiger partial charge in [0.1, 0.15) is 12.1 Å². The molecule has 0 aliphatic carbocycles. The number of hydrogen-bond donors (Lipinski definition) is 1. The van der Waals surface area contributed by atoms with Gasteiger partial charge >= 0.3 is 6.18 Å². The SMILES string of the molecule is O=C(CSc1nncn1-c1cccc(Cl)c1)Nc1ccccc1OCC(F)(F)F. The summed E-state index contributed by atoms with van der Waals surface area (Å²) in [5, 5.41) is 11.4. The molecule has 3 rings (SSSR count). The molecule has 0 spiro atoms. The number of carbonyl (C=O) groups is 1. The van der Waals surface area contributed by atoms with Gasteiger partial charge in [-0.25, -0.2) is 0 Å². The summed E-state index contributed by atoms with van der Waals surface area (Å²) in [6.07, 6.45) is -2.98. The Bertz CT molecular complexity index is 997. The lowest BCUT2D eigenvalue weighted by molar-refractivity contribution is -0.153. The lowest BCUT2D eigenvalue weighted by Gasteiger charge is -2.13. The minimum atomic E-state index is -4.47. The van der Waals surface area contributed by atoms with E-state index in [4.69, 9.17) is 16.3 Å². The van der Waals surface area contributed by atoms with Crippen LogP contribution in [0.5, 0.6) is 5.75 Å². The van der Waals surface area contributed by atoms with Crippen molar-refractivity contribution in [1.82, 2.24) is 14.8 Å². The van der Waals surface area contributed by atoms with E-state index in [9.17, 15) is 18.0 Å². The van der Waals surface area contributed by atoms with E-state index in [1.165, 1.54) is 24.5 Å². The number of para-hydroxylation sites is 2. The zero-order valence-corrected chi connectivity index (χ0v) is 16.3. The summed E-state index contributed by atoms with van der Waals surface area (Å²) in [5.41, 5.74) is 0.884. The van der Waals surface area contributed by atoms with E-state index in [2.05, 4.69) is 15.5 Å². The van der Waals surface area contributed by atoms with Crippen LogP contribution in [-0.2, 0) is 4.79 Å². The normalized spacial score (nSPS) is 11.3. The van der Waals surface area contributed by atoms with Crippen LogP contribution in [0.1, 0.15) is 0 Å². The number of alkyl halides is 3. The number of aromatic nitrogens is 3. The zero-order chi connectivity index (χ0) is 20.9. The van der Waals surface area contributed by atoms with Crippen LogP contribution in [0.25, 0.3) is 5.69 Å². The molecule has 0 aliphatic rings. The van der Waals surface area contributed by atoms with E-state index in [1.54, 1.807) is 28.8 Å². The van der Waals surface area contributed by atoms with Crippen molar-refractivity contribution in [2.24, 2.45) is 0 Å². The number of halogens is 4. The zero-order valence-electron chi connectivity index (χ0n) is 14.7. The van der Waals surface area contributed by atoms with E-state index in [0.717, 1.165) is 17.4 Å². The highest BCUT2D eigenvalue weighted by Gasteiger charge is 2.28. The highest BCUT2D eigenvalue weighted by molar-refractivity contribution is 7.99. The molecule has 0 bridgehead atoms. The van der Waals surface area contributed by atoms with Crippen molar-refractivity contribution in [2.45, 2.75) is 11.3 Å². The van der Waals surface area contributed by atoms with E-state index in [-0.39, 0.29) is 17.2 Å². The first kappa shape index (κ1) is 21.0. The first-order valence-electron chi connectivity index (χ1n) is 8.19. The second-order valence-corrected chi connectivity index (χ2v) is 7.08. The Balaban J connectivity index is 1.63. The average molecular weight is 443 g/mol. The smallest absolute Gasteiger partial charge is 0.422 e. The van der Waals surface area contributed by atoms with Gasteiger partial charge in [-0.3, -0.25) is 9.36 Å². The molecule has 1 N–H and O–H groups in total. The highest BCUT2D eigenvalue weighted by Crippen LogP contribution is 2.27. The molecule has 1 heterocycles. The molecule has 2 aromatic carbocycles. The summed E-state index contributed by atoms with van der Waals surface area (Å²) in [6, 6.07) is 13.0. The number of nitrogens with one attached hydrogen (secondary N) is 1. The van der Waals surface area contributed by atoms with E-state index >= 15 is 0 Å². The van der Waals surface area contributed by atoms with Gasteiger partial charge in [0, 0.05) is 5.02 Å². The van der Waals surface area contributed by atoms with Crippen LogP contribution in [0.2, 0.25) is 5.02 Å². The standard InChI is InChI=1S/C18H14ClF3N4O2S/c19-12-4-3-5-13(8-12)26-11-23-25-17(26)29-9-16(27)24-14-6-1-2-7-15(14)28-10-18(20,21)22/h1-8,11H,9-10H2,(H,24,27). The van der Waals surface area contributed by atoms with Crippen LogP contribution in [0.3, 0.4) is 0 Å². The summed E-state index contributed by atoms with van der Waals surface area (Å²) in [5.74, 6) is -0.531. The topological polar surface area (TPSA) is 69.0 Å². The third-order valence-electron chi connectivity index (χ3n) is 3.49. The fourth-order valence-electron chi connectivity index (χ4n) is 2.30. The third-order valence-corrected chi connectivity index (χ3v) is 4.67. The van der Waals surface area contributed by atoms with E-state index < -0.39 is 18.7 Å². The van der Waals surface area contributed by atoms with Gasteiger partial charge in [0.15, 0.2) is 11.8 Å². The minimum absolute atomic E-state index is 0.0349. The molecule has 0 unspecified atom stereocenters. The van der Waals surface area contributed by atoms with Gasteiger partial charge in [-0.2, -0.15) is 13.2 Å². The van der Waals surface area contributed by atoms with Crippen LogP contribution in [0.4, 0.5) is 18.9 Å². The van der Waals surface area contributed by atoms with Gasteiger partial charge in [-0.05, 0) is 30.3 Å². The van der Waals surface area contributed by atoms with E-state index in [0.29, 0.717) is 10.2 Å². The van der Waals surface area contributed by atoms with Crippen molar-refractivity contribution in [2.75, 3.05) is 17.7 Å². The molecule has 1 amide bonds. The summed E-state index contributed by atoms with van der Waals surface area (Å²) in [7, 11) is 0. The quantitative estimate of drug-likeness (QED) is 0.542. The van der Waals surface area contributed by atoms with Gasteiger partial charge in [-0.15, -0.1) is 10.2 Å². The van der Waals surface area contributed by atoms with Gasteiger partial charge in [-0.1, -0.05) is 41.6 Å². The molecular formula is C18H14ClF3N4O2S. The molecule has 0 atom stereocenters. The molecule has 152 valence electrons. The lowest BCUT2D eigenvalue weighted by atomic mass is 10.3. The number of anilines is 1. The van der Waals surface area contributed by atoms with E-state index in [1.807, 2.05) is 6.07 Å². The minimum Gasteiger partial charge on any atom is -0.482 e. The lowest BCUT2D eigenvalue weighted by Crippen LogP contribution is -2.20. The monoisotopic (exact) mass is 442 g/mol. The molecule has 3 aromatic rings. The predicted molar refractivity (Wildman–Crippen MR) is 104 cm³/mol. The Morgan fingerprint density at radius 3 is 2.76 bits per heavy atom. The van der Waals surface area contributed by atoms with Crippen molar-refractivity contribution in [3.8, 4) is 11.4 Å². The molecule has 6 nitrogen and oxygen atoms in total. The summed E-state index contributed by atoms with van der Waals surface area (Å²) >= 11 is 7.11. The van der Waals surface area contributed by atoms with Gasteiger partial charge < -0.3 is 10.1 Å². The summed E-state index contributed by atoms with van der Waals surface area (Å²) < 4.78 is 43.6. The van der Waals surface area contributed by atoms with Crippen LogP contribution in [0.15, 0.2) is 60.0 Å². The molecule has 1 aromatic heterocycles. The number of ether oxygens (including phenoxy) is 1. The van der Waals surface area contributed by atoms with Gasteiger partial charge in [0.25, 0.3) is 0 Å². The highest BCUT2D eigenvalue weighted by atomic mass is 35.5. The van der Waals surface area contributed by atoms with Gasteiger partial charge in [0.2, 0.25) is 5.91 Å². The first-order valence-corrected chi connectivity index (χ1v) is 9.55. The molecule has 0 fully saturated rings. The number of nitrogens with zero attached hydrogens (tertiary/aromatic N) is 3. The van der Waals surface area contributed by atoms with Gasteiger partial charge in [0.05, 0.1) is 17.1 Å². The van der Waals surface area contributed by atoms with Crippen molar-refractivity contribution < 1.29 is 22.7 Å². The maximum atomic E-state index is 12.4. The van der Waals surface area contributed by atoms with Crippen LogP contribution < -0.4 is 10.1 Å². The van der Waals surface area contributed by atoms with Crippen molar-refractivity contribution in [1.29, 1.82) is 0 Å². The summed E-state index contributed by atoms with van der Waals surface area (Å²) in [6.45, 7) is -1.45. The van der Waals surface area contributed by atoms with Crippen LogP contribution in [0, 0.1) is 0 Å². The Labute approximate surface area is 173 Å². The van der Waals surface area contributed by atoms with Crippen molar-refractivity contribution in [3.63, 3.8) is 0 Å². The van der Waals surface area contributed by atoms with Crippen molar-refractivity contribution >= 4 is 35.0 Å². The molecule has 0 saturated heterocycles. The first-order chi connectivity index (χ1) is 13.8. The number of hydrogen-bond acceptors (Lipinski definition) is 5. The Kier molecular flexibility index (Phi) is 6.65. The molecule has 29 heavy (non-hydrogen) atoms. The van der Waals surface area contributed by atoms with Crippen LogP contribution >= 0.6 is 23.4 Å². The Morgan fingerprint density at radius 1 is 1.21 bits per heavy atom. The maximum absolute atomic E-state index is 12.4. The molecule has 0 saturated carbocycles. The molecular weight excluding hydrogens is 429 g/mol. The average Bonchev–Trinajstić information content (AvgIpc) is 3.14. The molecule has 0 radical (unpaired) electrons. The Morgan fingerprint density at radius 2 is 2.00 bits per heavy atom.